The van der Waals surface area contributed by atoms with E-state index in [1.807, 2.05) is 32.0 Å². The molecule has 4 rings (SSSR count). The van der Waals surface area contributed by atoms with Crippen molar-refractivity contribution >= 4 is 23.2 Å². The van der Waals surface area contributed by atoms with Crippen molar-refractivity contribution in [1.82, 2.24) is 10.5 Å². The smallest absolute Gasteiger partial charge is 0.248 e. The van der Waals surface area contributed by atoms with Crippen molar-refractivity contribution in [1.29, 1.82) is 0 Å². The zero-order valence-corrected chi connectivity index (χ0v) is 18.3. The molecule has 2 fully saturated rings. The summed E-state index contributed by atoms with van der Waals surface area (Å²) < 4.78 is 32.4. The number of carbonyl (C=O) groups excluding carboxylic acids is 2. The summed E-state index contributed by atoms with van der Waals surface area (Å²) in [4.78, 5) is 24.6. The largest absolute Gasteiger partial charge is 0.381 e. The molecule has 9 heteroatoms. The highest BCUT2D eigenvalue weighted by Crippen LogP contribution is 2.37. The lowest BCUT2D eigenvalue weighted by atomic mass is 9.92. The van der Waals surface area contributed by atoms with Gasteiger partial charge in [-0.3, -0.25) is 9.59 Å². The van der Waals surface area contributed by atoms with Crippen LogP contribution in [0, 0.1) is 13.8 Å². The average Bonchev–Trinajstić information content (AvgIpc) is 3.09. The van der Waals surface area contributed by atoms with Gasteiger partial charge in [0, 0.05) is 30.9 Å². The summed E-state index contributed by atoms with van der Waals surface area (Å²) in [5.41, 5.74) is 3.59. The number of anilines is 2. The lowest BCUT2D eigenvalue weighted by Crippen LogP contribution is -2.46. The second-order valence-electron chi connectivity index (χ2n) is 8.74. The number of aromatic nitrogens is 1. The van der Waals surface area contributed by atoms with Gasteiger partial charge in [-0.2, -0.15) is 0 Å². The maximum atomic E-state index is 13.6. The molecule has 2 aliphatic rings. The predicted octanol–water partition coefficient (Wildman–Crippen LogP) is 4.56. The molecular weight excluding hydrogens is 418 g/mol. The van der Waals surface area contributed by atoms with E-state index >= 15 is 0 Å². The van der Waals surface area contributed by atoms with E-state index in [9.17, 15) is 18.4 Å². The second-order valence-corrected chi connectivity index (χ2v) is 8.74. The Bertz CT molecular complexity index is 991. The van der Waals surface area contributed by atoms with Crippen LogP contribution >= 0.6 is 0 Å². The highest BCUT2D eigenvalue weighted by molar-refractivity contribution is 6.00. The first-order valence-corrected chi connectivity index (χ1v) is 11.0. The standard InChI is InChI=1S/C23H28F2N4O3/c1-13-21(14(2)32-29-13)15-6-7-17(26-16-8-10-23(24,25)11-9-16)19(12-15)28-22(31)18-4-3-5-20(30)27-18/h6-7,12,16,18,26H,3-5,8-11H2,1-2H3,(H,27,30)(H,28,31)/t18-/m0/s1. The first-order valence-electron chi connectivity index (χ1n) is 11.0. The molecule has 2 amide bonds. The van der Waals surface area contributed by atoms with Gasteiger partial charge >= 0.3 is 0 Å². The number of rotatable bonds is 5. The van der Waals surface area contributed by atoms with Crippen molar-refractivity contribution in [2.75, 3.05) is 10.6 Å². The fourth-order valence-corrected chi connectivity index (χ4v) is 4.45. The summed E-state index contributed by atoms with van der Waals surface area (Å²) in [5.74, 6) is -2.38. The van der Waals surface area contributed by atoms with E-state index in [1.165, 1.54) is 0 Å². The highest BCUT2D eigenvalue weighted by Gasteiger charge is 2.35. The van der Waals surface area contributed by atoms with Crippen LogP contribution in [-0.2, 0) is 9.59 Å². The minimum atomic E-state index is -2.61. The highest BCUT2D eigenvalue weighted by atomic mass is 19.3. The maximum absolute atomic E-state index is 13.6. The molecule has 32 heavy (non-hydrogen) atoms. The molecule has 1 atom stereocenters. The van der Waals surface area contributed by atoms with Gasteiger partial charge in [-0.25, -0.2) is 8.78 Å². The van der Waals surface area contributed by atoms with Crippen LogP contribution in [0.3, 0.4) is 0 Å². The van der Waals surface area contributed by atoms with Crippen molar-refractivity contribution in [3.63, 3.8) is 0 Å². The van der Waals surface area contributed by atoms with Crippen molar-refractivity contribution in [3.05, 3.63) is 29.7 Å². The molecule has 0 radical (unpaired) electrons. The lowest BCUT2D eigenvalue weighted by molar-refractivity contribution is -0.128. The summed E-state index contributed by atoms with van der Waals surface area (Å²) in [5, 5.41) is 13.0. The molecule has 0 bridgehead atoms. The molecule has 1 saturated carbocycles. The number of alkyl halides is 2. The number of halogens is 2. The Hall–Kier alpha value is -2.97. The van der Waals surface area contributed by atoms with Gasteiger partial charge in [-0.15, -0.1) is 0 Å². The van der Waals surface area contributed by atoms with Crippen molar-refractivity contribution in [2.24, 2.45) is 0 Å². The number of nitrogens with zero attached hydrogens (tertiary/aromatic N) is 1. The number of hydrogen-bond donors (Lipinski definition) is 3. The molecule has 3 N–H and O–H groups in total. The van der Waals surface area contributed by atoms with Crippen LogP contribution in [0.1, 0.15) is 56.4 Å². The second kappa shape index (κ2) is 8.88. The summed E-state index contributed by atoms with van der Waals surface area (Å²) in [6.07, 6.45) is 2.04. The third-order valence-electron chi connectivity index (χ3n) is 6.22. The molecule has 1 aromatic carbocycles. The van der Waals surface area contributed by atoms with Crippen LogP contribution < -0.4 is 16.0 Å². The van der Waals surface area contributed by atoms with Gasteiger partial charge in [0.1, 0.15) is 11.8 Å². The van der Waals surface area contributed by atoms with Crippen LogP contribution in [0.4, 0.5) is 20.2 Å². The van der Waals surface area contributed by atoms with Crippen molar-refractivity contribution in [2.45, 2.75) is 76.8 Å². The Morgan fingerprint density at radius 3 is 2.59 bits per heavy atom. The summed E-state index contributed by atoms with van der Waals surface area (Å²) in [6, 6.07) is 4.85. The van der Waals surface area contributed by atoms with Gasteiger partial charge in [-0.1, -0.05) is 11.2 Å². The van der Waals surface area contributed by atoms with E-state index in [0.717, 1.165) is 16.8 Å². The van der Waals surface area contributed by atoms with Crippen LogP contribution in [-0.4, -0.2) is 35.0 Å². The van der Waals surface area contributed by atoms with Gasteiger partial charge in [0.15, 0.2) is 0 Å². The van der Waals surface area contributed by atoms with Crippen LogP contribution in [0.25, 0.3) is 11.1 Å². The topological polar surface area (TPSA) is 96.3 Å². The lowest BCUT2D eigenvalue weighted by Gasteiger charge is -2.30. The molecule has 7 nitrogen and oxygen atoms in total. The van der Waals surface area contributed by atoms with E-state index in [4.69, 9.17) is 4.52 Å². The number of carbonyl (C=O) groups is 2. The molecule has 172 valence electrons. The SMILES string of the molecule is Cc1noc(C)c1-c1ccc(NC2CCC(F)(F)CC2)c(NC(=O)[C@@H]2CCCC(=O)N2)c1. The summed E-state index contributed by atoms with van der Waals surface area (Å²) in [7, 11) is 0. The summed E-state index contributed by atoms with van der Waals surface area (Å²) in [6.45, 7) is 3.66. The fourth-order valence-electron chi connectivity index (χ4n) is 4.45. The minimum Gasteiger partial charge on any atom is -0.381 e. The third kappa shape index (κ3) is 4.92. The first kappa shape index (κ1) is 22.2. The molecule has 2 heterocycles. The number of amides is 2. The minimum absolute atomic E-state index is 0.107. The van der Waals surface area contributed by atoms with E-state index in [2.05, 4.69) is 21.1 Å². The number of nitrogens with one attached hydrogen (secondary N) is 3. The van der Waals surface area contributed by atoms with Gasteiger partial charge in [-0.05, 0) is 57.2 Å². The monoisotopic (exact) mass is 446 g/mol. The Morgan fingerprint density at radius 2 is 1.94 bits per heavy atom. The fraction of sp³-hybridized carbons (Fsp3) is 0.522. The van der Waals surface area contributed by atoms with Crippen molar-refractivity contribution < 1.29 is 22.9 Å². The summed E-state index contributed by atoms with van der Waals surface area (Å²) >= 11 is 0. The third-order valence-corrected chi connectivity index (χ3v) is 6.22. The molecule has 1 aliphatic carbocycles. The first-order chi connectivity index (χ1) is 15.2. The van der Waals surface area contributed by atoms with Crippen molar-refractivity contribution in [3.8, 4) is 11.1 Å². The quantitative estimate of drug-likeness (QED) is 0.626. The molecule has 2 aromatic rings. The molecular formula is C23H28F2N4O3. The van der Waals surface area contributed by atoms with Gasteiger partial charge in [0.05, 0.1) is 17.1 Å². The number of benzene rings is 1. The molecule has 1 aliphatic heterocycles. The Morgan fingerprint density at radius 1 is 1.19 bits per heavy atom. The number of hydrogen-bond acceptors (Lipinski definition) is 5. The normalized spacial score (nSPS) is 21.1. The maximum Gasteiger partial charge on any atom is 0.248 e. The zero-order chi connectivity index (χ0) is 22.9. The predicted molar refractivity (Wildman–Crippen MR) is 117 cm³/mol. The number of aryl methyl sites for hydroxylation is 2. The molecule has 0 spiro atoms. The molecule has 0 unspecified atom stereocenters. The average molecular weight is 446 g/mol. The van der Waals surface area contributed by atoms with Gasteiger partial charge in [0.2, 0.25) is 17.7 Å². The number of piperidine rings is 1. The Kier molecular flexibility index (Phi) is 6.17. The van der Waals surface area contributed by atoms with Crippen LogP contribution in [0.2, 0.25) is 0 Å². The Labute approximate surface area is 185 Å². The van der Waals surface area contributed by atoms with E-state index in [-0.39, 0.29) is 30.7 Å². The van der Waals surface area contributed by atoms with E-state index in [0.29, 0.717) is 49.2 Å². The van der Waals surface area contributed by atoms with Gasteiger partial charge in [0.25, 0.3) is 0 Å². The van der Waals surface area contributed by atoms with Crippen LogP contribution in [0.15, 0.2) is 22.7 Å². The van der Waals surface area contributed by atoms with E-state index in [1.54, 1.807) is 0 Å². The van der Waals surface area contributed by atoms with Crippen LogP contribution in [0.5, 0.6) is 0 Å². The van der Waals surface area contributed by atoms with E-state index < -0.39 is 12.0 Å². The van der Waals surface area contributed by atoms with Gasteiger partial charge < -0.3 is 20.5 Å². The molecule has 1 saturated heterocycles. The Balaban J connectivity index is 1.60. The zero-order valence-electron chi connectivity index (χ0n) is 18.3. The molecule has 1 aromatic heterocycles.